The third-order valence-corrected chi connectivity index (χ3v) is 13.2. The Kier molecular flexibility index (Phi) is 49.6. The Balaban J connectivity index is 4.21. The summed E-state index contributed by atoms with van der Waals surface area (Å²) < 4.78 is 16.9. The van der Waals surface area contributed by atoms with Crippen molar-refractivity contribution in [3.8, 4) is 0 Å². The number of carbonyl (C=O) groups is 3. The van der Waals surface area contributed by atoms with Crippen LogP contribution in [-0.2, 0) is 28.6 Å². The zero-order valence-electron chi connectivity index (χ0n) is 43.9. The van der Waals surface area contributed by atoms with Crippen LogP contribution in [-0.4, -0.2) is 37.2 Å². The van der Waals surface area contributed by atoms with Crippen molar-refractivity contribution in [1.29, 1.82) is 0 Å². The maximum atomic E-state index is 12.8. The van der Waals surface area contributed by atoms with Gasteiger partial charge < -0.3 is 14.2 Å². The Morgan fingerprint density at radius 1 is 0.297 bits per heavy atom. The molecule has 0 spiro atoms. The summed E-state index contributed by atoms with van der Waals surface area (Å²) in [5, 5.41) is 0. The fourth-order valence-electron chi connectivity index (χ4n) is 8.87. The summed E-state index contributed by atoms with van der Waals surface area (Å²) in [6, 6.07) is 0. The molecule has 1 atom stereocenters. The van der Waals surface area contributed by atoms with E-state index in [0.29, 0.717) is 19.3 Å². The number of unbranched alkanes of at least 4 members (excludes halogenated alkanes) is 37. The maximum absolute atomic E-state index is 12.8. The van der Waals surface area contributed by atoms with E-state index in [1.165, 1.54) is 212 Å². The van der Waals surface area contributed by atoms with Crippen molar-refractivity contribution in [3.05, 3.63) is 0 Å². The first-order valence-corrected chi connectivity index (χ1v) is 28.7. The van der Waals surface area contributed by atoms with E-state index >= 15 is 0 Å². The van der Waals surface area contributed by atoms with Crippen molar-refractivity contribution in [1.82, 2.24) is 0 Å². The molecular weight excluding hydrogens is 793 g/mol. The van der Waals surface area contributed by atoms with Crippen molar-refractivity contribution < 1.29 is 28.6 Å². The molecule has 64 heavy (non-hydrogen) atoms. The van der Waals surface area contributed by atoms with Crippen molar-refractivity contribution in [3.63, 3.8) is 0 Å². The van der Waals surface area contributed by atoms with Crippen LogP contribution in [0.3, 0.4) is 0 Å². The number of hydrogen-bond acceptors (Lipinski definition) is 6. The van der Waals surface area contributed by atoms with Gasteiger partial charge in [-0.25, -0.2) is 0 Å². The Hall–Kier alpha value is -1.59. The molecule has 6 nitrogen and oxygen atoms in total. The average Bonchev–Trinajstić information content (AvgIpc) is 3.27. The smallest absolute Gasteiger partial charge is 0.306 e. The van der Waals surface area contributed by atoms with E-state index in [-0.39, 0.29) is 31.1 Å². The lowest BCUT2D eigenvalue weighted by Gasteiger charge is -2.18. The van der Waals surface area contributed by atoms with Crippen LogP contribution >= 0.6 is 0 Å². The summed E-state index contributed by atoms with van der Waals surface area (Å²) in [6.45, 7) is 11.4. The predicted octanol–water partition coefficient (Wildman–Crippen LogP) is 18.9. The van der Waals surface area contributed by atoms with Gasteiger partial charge >= 0.3 is 17.9 Å². The highest BCUT2D eigenvalue weighted by Gasteiger charge is 2.19. The largest absolute Gasteiger partial charge is 0.462 e. The van der Waals surface area contributed by atoms with Crippen molar-refractivity contribution >= 4 is 17.9 Å². The van der Waals surface area contributed by atoms with Gasteiger partial charge in [0.25, 0.3) is 0 Å². The van der Waals surface area contributed by atoms with Crippen molar-refractivity contribution in [2.75, 3.05) is 13.2 Å². The minimum absolute atomic E-state index is 0.0636. The van der Waals surface area contributed by atoms with Crippen LogP contribution in [0.15, 0.2) is 0 Å². The van der Waals surface area contributed by atoms with Crippen LogP contribution in [0.1, 0.15) is 324 Å². The molecular formula is C58H112O6. The van der Waals surface area contributed by atoms with Crippen LogP contribution < -0.4 is 0 Å². The predicted molar refractivity (Wildman–Crippen MR) is 275 cm³/mol. The Bertz CT molecular complexity index is 978. The topological polar surface area (TPSA) is 78.9 Å². The molecule has 0 bridgehead atoms. The van der Waals surface area contributed by atoms with E-state index < -0.39 is 6.10 Å². The standard InChI is InChI=1S/C58H112O6/c1-6-7-8-9-10-11-12-13-14-15-16-19-22-25-28-33-38-43-48-56(59)62-51-55(64-58(61)50-45-40-35-30-32-37-42-47-54(4)5)52-63-57(60)49-44-39-34-29-26-23-20-17-18-21-24-27-31-36-41-46-53(2)3/h53-55H,6-52H2,1-5H3/t55-/m0/s1. The molecule has 0 amide bonds. The summed E-state index contributed by atoms with van der Waals surface area (Å²) in [7, 11) is 0. The lowest BCUT2D eigenvalue weighted by atomic mass is 10.0. The number of carbonyl (C=O) groups excluding carboxylic acids is 3. The van der Waals surface area contributed by atoms with Crippen LogP contribution in [0, 0.1) is 11.8 Å². The third-order valence-electron chi connectivity index (χ3n) is 13.2. The first kappa shape index (κ1) is 62.4. The van der Waals surface area contributed by atoms with Crippen molar-refractivity contribution in [2.45, 2.75) is 330 Å². The van der Waals surface area contributed by atoms with Crippen molar-refractivity contribution in [2.24, 2.45) is 11.8 Å². The van der Waals surface area contributed by atoms with Gasteiger partial charge in [0.2, 0.25) is 0 Å². The molecule has 0 fully saturated rings. The quantitative estimate of drug-likeness (QED) is 0.0344. The third kappa shape index (κ3) is 51.4. The first-order valence-electron chi connectivity index (χ1n) is 28.7. The molecule has 0 aliphatic carbocycles. The van der Waals surface area contributed by atoms with Gasteiger partial charge in [0, 0.05) is 19.3 Å². The van der Waals surface area contributed by atoms with Gasteiger partial charge in [-0.05, 0) is 31.1 Å². The lowest BCUT2D eigenvalue weighted by molar-refractivity contribution is -0.167. The van der Waals surface area contributed by atoms with Crippen LogP contribution in [0.5, 0.6) is 0 Å². The summed E-state index contributed by atoms with van der Waals surface area (Å²) in [6.07, 6.45) is 53.9. The monoisotopic (exact) mass is 905 g/mol. The number of ether oxygens (including phenoxy) is 3. The second-order valence-corrected chi connectivity index (χ2v) is 20.9. The molecule has 6 heteroatoms. The number of hydrogen-bond donors (Lipinski definition) is 0. The molecule has 0 heterocycles. The maximum Gasteiger partial charge on any atom is 0.306 e. The summed E-state index contributed by atoms with van der Waals surface area (Å²) in [4.78, 5) is 38.1. The highest BCUT2D eigenvalue weighted by atomic mass is 16.6. The Labute approximate surface area is 399 Å². The van der Waals surface area contributed by atoms with Gasteiger partial charge in [-0.1, -0.05) is 285 Å². The fourth-order valence-corrected chi connectivity index (χ4v) is 8.87. The van der Waals surface area contributed by atoms with Crippen LogP contribution in [0.2, 0.25) is 0 Å². The molecule has 380 valence electrons. The van der Waals surface area contributed by atoms with E-state index in [1.54, 1.807) is 0 Å². The van der Waals surface area contributed by atoms with Crippen LogP contribution in [0.25, 0.3) is 0 Å². The molecule has 0 radical (unpaired) electrons. The molecule has 0 aliphatic rings. The van der Waals surface area contributed by atoms with E-state index in [0.717, 1.165) is 69.6 Å². The zero-order chi connectivity index (χ0) is 46.8. The summed E-state index contributed by atoms with van der Waals surface area (Å²) in [5.41, 5.74) is 0. The highest BCUT2D eigenvalue weighted by molar-refractivity contribution is 5.71. The minimum Gasteiger partial charge on any atom is -0.462 e. The molecule has 0 rings (SSSR count). The second kappa shape index (κ2) is 50.8. The average molecular weight is 906 g/mol. The van der Waals surface area contributed by atoms with Gasteiger partial charge in [-0.15, -0.1) is 0 Å². The molecule has 0 saturated heterocycles. The molecule has 0 unspecified atom stereocenters. The summed E-state index contributed by atoms with van der Waals surface area (Å²) in [5.74, 6) is 0.783. The Morgan fingerprint density at radius 3 is 0.766 bits per heavy atom. The van der Waals surface area contributed by atoms with Gasteiger partial charge in [0.1, 0.15) is 13.2 Å². The molecule has 0 aromatic heterocycles. The molecule has 0 aromatic rings. The summed E-state index contributed by atoms with van der Waals surface area (Å²) >= 11 is 0. The van der Waals surface area contributed by atoms with E-state index in [1.807, 2.05) is 0 Å². The molecule has 0 aliphatic heterocycles. The first-order chi connectivity index (χ1) is 31.2. The zero-order valence-corrected chi connectivity index (χ0v) is 43.9. The van der Waals surface area contributed by atoms with E-state index in [9.17, 15) is 14.4 Å². The van der Waals surface area contributed by atoms with E-state index in [4.69, 9.17) is 14.2 Å². The molecule has 0 aromatic carbocycles. The minimum atomic E-state index is -0.763. The normalized spacial score (nSPS) is 12.0. The highest BCUT2D eigenvalue weighted by Crippen LogP contribution is 2.18. The van der Waals surface area contributed by atoms with E-state index in [2.05, 4.69) is 34.6 Å². The molecule has 0 N–H and O–H groups in total. The molecule has 0 saturated carbocycles. The number of rotatable bonds is 52. The number of esters is 3. The SMILES string of the molecule is CCCCCCCCCCCCCCCCCCCCC(=O)OC[C@@H](COC(=O)CCCCCCCCCCCCCCCCCC(C)C)OC(=O)CCCCCCCCCC(C)C. The van der Waals surface area contributed by atoms with Crippen LogP contribution in [0.4, 0.5) is 0 Å². The second-order valence-electron chi connectivity index (χ2n) is 20.9. The van der Waals surface area contributed by atoms with Gasteiger partial charge in [-0.2, -0.15) is 0 Å². The Morgan fingerprint density at radius 2 is 0.516 bits per heavy atom. The lowest BCUT2D eigenvalue weighted by Crippen LogP contribution is -2.30. The van der Waals surface area contributed by atoms with Gasteiger partial charge in [0.15, 0.2) is 6.10 Å². The van der Waals surface area contributed by atoms with Gasteiger partial charge in [0.05, 0.1) is 0 Å². The van der Waals surface area contributed by atoms with Gasteiger partial charge in [-0.3, -0.25) is 14.4 Å². The fraction of sp³-hybridized carbons (Fsp3) is 0.948.